The minimum Gasteiger partial charge on any atom is -0.338 e. The maximum Gasteiger partial charge on any atom is 0.416 e. The normalized spacial score (nSPS) is 24.6. The van der Waals surface area contributed by atoms with E-state index in [1.165, 1.54) is 12.1 Å². The third kappa shape index (κ3) is 3.22. The van der Waals surface area contributed by atoms with Crippen molar-refractivity contribution in [2.24, 2.45) is 5.41 Å². The van der Waals surface area contributed by atoms with Crippen molar-refractivity contribution >= 4 is 18.3 Å². The van der Waals surface area contributed by atoms with E-state index in [2.05, 4.69) is 5.32 Å². The number of nitrogens with zero attached hydrogens (tertiary/aromatic N) is 1. The highest BCUT2D eigenvalue weighted by Crippen LogP contribution is 2.36. The third-order valence-corrected chi connectivity index (χ3v) is 4.52. The lowest BCUT2D eigenvalue weighted by Gasteiger charge is -2.22. The van der Waals surface area contributed by atoms with Gasteiger partial charge in [-0.25, -0.2) is 0 Å². The van der Waals surface area contributed by atoms with Gasteiger partial charge in [0.05, 0.1) is 5.56 Å². The standard InChI is InChI=1S/C15H17F3N2O.ClH/c16-15(17,18)12-3-1-11(2-4-12)13(21)20-8-6-14(10-20)5-7-19-9-14;/h1-4,19H,5-10H2;1H. The van der Waals surface area contributed by atoms with Crippen LogP contribution in [0.15, 0.2) is 24.3 Å². The number of benzene rings is 1. The second-order valence-electron chi connectivity index (χ2n) is 5.98. The molecule has 2 saturated heterocycles. The average molecular weight is 335 g/mol. The summed E-state index contributed by atoms with van der Waals surface area (Å²) in [7, 11) is 0. The molecule has 0 bridgehead atoms. The third-order valence-electron chi connectivity index (χ3n) is 4.52. The van der Waals surface area contributed by atoms with Crippen LogP contribution in [0.3, 0.4) is 0 Å². The van der Waals surface area contributed by atoms with Gasteiger partial charge in [0.1, 0.15) is 0 Å². The first-order valence-corrected chi connectivity index (χ1v) is 7.07. The first-order valence-electron chi connectivity index (χ1n) is 7.07. The van der Waals surface area contributed by atoms with Gasteiger partial charge in [-0.1, -0.05) is 0 Å². The smallest absolute Gasteiger partial charge is 0.338 e. The van der Waals surface area contributed by atoms with Crippen LogP contribution in [0.2, 0.25) is 0 Å². The van der Waals surface area contributed by atoms with E-state index in [0.29, 0.717) is 18.7 Å². The number of rotatable bonds is 1. The van der Waals surface area contributed by atoms with Gasteiger partial charge >= 0.3 is 6.18 Å². The van der Waals surface area contributed by atoms with Crippen molar-refractivity contribution in [1.82, 2.24) is 10.2 Å². The summed E-state index contributed by atoms with van der Waals surface area (Å²) in [5.74, 6) is -0.174. The van der Waals surface area contributed by atoms with E-state index in [9.17, 15) is 18.0 Å². The molecule has 3 nitrogen and oxygen atoms in total. The Kier molecular flexibility index (Phi) is 4.73. The van der Waals surface area contributed by atoms with E-state index < -0.39 is 11.7 Å². The molecular formula is C15H18ClF3N2O. The Labute approximate surface area is 133 Å². The first kappa shape index (κ1) is 17.1. The predicted molar refractivity (Wildman–Crippen MR) is 79.1 cm³/mol. The summed E-state index contributed by atoms with van der Waals surface area (Å²) in [6.07, 6.45) is -2.34. The number of hydrogen-bond donors (Lipinski definition) is 1. The Hall–Kier alpha value is -1.27. The minimum absolute atomic E-state index is 0. The van der Waals surface area contributed by atoms with E-state index >= 15 is 0 Å². The van der Waals surface area contributed by atoms with Gasteiger partial charge in [-0.3, -0.25) is 4.79 Å². The summed E-state index contributed by atoms with van der Waals surface area (Å²) < 4.78 is 37.6. The summed E-state index contributed by atoms with van der Waals surface area (Å²) in [4.78, 5) is 14.1. The lowest BCUT2D eigenvalue weighted by molar-refractivity contribution is -0.137. The number of nitrogens with one attached hydrogen (secondary N) is 1. The molecule has 0 aromatic heterocycles. The molecule has 3 rings (SSSR count). The molecule has 1 N–H and O–H groups in total. The summed E-state index contributed by atoms with van der Waals surface area (Å²) in [6, 6.07) is 4.47. The second-order valence-corrected chi connectivity index (χ2v) is 5.98. The van der Waals surface area contributed by atoms with Crippen LogP contribution < -0.4 is 5.32 Å². The van der Waals surface area contributed by atoms with Crippen molar-refractivity contribution in [3.8, 4) is 0 Å². The number of amides is 1. The van der Waals surface area contributed by atoms with Crippen LogP contribution in [-0.4, -0.2) is 37.0 Å². The summed E-state index contributed by atoms with van der Waals surface area (Å²) in [5.41, 5.74) is -0.232. The van der Waals surface area contributed by atoms with E-state index in [1.54, 1.807) is 4.90 Å². The van der Waals surface area contributed by atoms with Gasteiger partial charge in [0, 0.05) is 30.6 Å². The second kappa shape index (κ2) is 6.08. The van der Waals surface area contributed by atoms with Crippen molar-refractivity contribution < 1.29 is 18.0 Å². The zero-order valence-corrected chi connectivity index (χ0v) is 12.8. The van der Waals surface area contributed by atoms with Crippen LogP contribution in [0.25, 0.3) is 0 Å². The zero-order chi connectivity index (χ0) is 15.1. The Morgan fingerprint density at radius 3 is 2.41 bits per heavy atom. The van der Waals surface area contributed by atoms with Crippen molar-refractivity contribution in [2.75, 3.05) is 26.2 Å². The van der Waals surface area contributed by atoms with Crippen LogP contribution in [0, 0.1) is 5.41 Å². The van der Waals surface area contributed by atoms with Crippen molar-refractivity contribution in [2.45, 2.75) is 19.0 Å². The molecule has 122 valence electrons. The first-order chi connectivity index (χ1) is 9.90. The number of halogens is 4. The predicted octanol–water partition coefficient (Wildman–Crippen LogP) is 2.95. The molecule has 1 amide bonds. The molecule has 1 aromatic rings. The highest BCUT2D eigenvalue weighted by atomic mass is 35.5. The van der Waals surface area contributed by atoms with E-state index in [-0.39, 0.29) is 23.7 Å². The fraction of sp³-hybridized carbons (Fsp3) is 0.533. The van der Waals surface area contributed by atoms with Gasteiger partial charge in [0.15, 0.2) is 0 Å². The number of carbonyl (C=O) groups is 1. The Morgan fingerprint density at radius 1 is 1.18 bits per heavy atom. The molecule has 2 fully saturated rings. The number of carbonyl (C=O) groups excluding carboxylic acids is 1. The summed E-state index contributed by atoms with van der Waals surface area (Å²) >= 11 is 0. The molecule has 1 spiro atoms. The number of likely N-dealkylation sites (tertiary alicyclic amines) is 1. The largest absolute Gasteiger partial charge is 0.416 e. The highest BCUT2D eigenvalue weighted by Gasteiger charge is 2.42. The van der Waals surface area contributed by atoms with Gasteiger partial charge in [-0.15, -0.1) is 12.4 Å². The molecule has 2 aliphatic heterocycles. The van der Waals surface area contributed by atoms with Crippen molar-refractivity contribution in [3.05, 3.63) is 35.4 Å². The Bertz CT molecular complexity index is 539. The molecule has 1 aromatic carbocycles. The molecule has 0 radical (unpaired) electrons. The zero-order valence-electron chi connectivity index (χ0n) is 11.9. The van der Waals surface area contributed by atoms with Gasteiger partial charge in [-0.2, -0.15) is 13.2 Å². The molecule has 22 heavy (non-hydrogen) atoms. The van der Waals surface area contributed by atoms with Gasteiger partial charge in [0.25, 0.3) is 5.91 Å². The number of hydrogen-bond acceptors (Lipinski definition) is 2. The minimum atomic E-state index is -4.37. The summed E-state index contributed by atoms with van der Waals surface area (Å²) in [5, 5.41) is 3.32. The molecule has 2 aliphatic rings. The van der Waals surface area contributed by atoms with Crippen LogP contribution >= 0.6 is 12.4 Å². The van der Waals surface area contributed by atoms with Crippen molar-refractivity contribution in [3.63, 3.8) is 0 Å². The van der Waals surface area contributed by atoms with Crippen molar-refractivity contribution in [1.29, 1.82) is 0 Å². The summed E-state index contributed by atoms with van der Waals surface area (Å²) in [6.45, 7) is 3.27. The maximum atomic E-state index is 12.5. The van der Waals surface area contributed by atoms with E-state index in [4.69, 9.17) is 0 Å². The monoisotopic (exact) mass is 334 g/mol. The van der Waals surface area contributed by atoms with E-state index in [0.717, 1.165) is 38.1 Å². The molecule has 2 heterocycles. The van der Waals surface area contributed by atoms with Gasteiger partial charge in [-0.05, 0) is 43.7 Å². The molecule has 1 atom stereocenters. The SMILES string of the molecule is Cl.O=C(c1ccc(C(F)(F)F)cc1)N1CCC2(CCNC2)C1. The van der Waals surface area contributed by atoms with Gasteiger partial charge in [0.2, 0.25) is 0 Å². The van der Waals surface area contributed by atoms with E-state index in [1.807, 2.05) is 0 Å². The molecule has 7 heteroatoms. The molecule has 0 saturated carbocycles. The molecule has 1 unspecified atom stereocenters. The lowest BCUT2D eigenvalue weighted by Crippen LogP contribution is -2.33. The fourth-order valence-electron chi connectivity index (χ4n) is 3.24. The Morgan fingerprint density at radius 2 is 1.86 bits per heavy atom. The van der Waals surface area contributed by atoms with Gasteiger partial charge < -0.3 is 10.2 Å². The van der Waals surface area contributed by atoms with Crippen LogP contribution in [0.4, 0.5) is 13.2 Å². The average Bonchev–Trinajstić information content (AvgIpc) is 3.08. The van der Waals surface area contributed by atoms with Crippen LogP contribution in [0.5, 0.6) is 0 Å². The van der Waals surface area contributed by atoms with Crippen LogP contribution in [-0.2, 0) is 6.18 Å². The maximum absolute atomic E-state index is 12.5. The highest BCUT2D eigenvalue weighted by molar-refractivity contribution is 5.94. The molecular weight excluding hydrogens is 317 g/mol. The quantitative estimate of drug-likeness (QED) is 0.856. The Balaban J connectivity index is 0.00000176. The van der Waals surface area contributed by atoms with Crippen LogP contribution in [0.1, 0.15) is 28.8 Å². The fourth-order valence-corrected chi connectivity index (χ4v) is 3.24. The number of alkyl halides is 3. The lowest BCUT2D eigenvalue weighted by atomic mass is 9.86. The molecule has 0 aliphatic carbocycles. The topological polar surface area (TPSA) is 32.3 Å².